The third-order valence-corrected chi connectivity index (χ3v) is 5.59. The van der Waals surface area contributed by atoms with Crippen molar-refractivity contribution in [2.45, 2.75) is 39.7 Å². The highest BCUT2D eigenvalue weighted by atomic mass is 16.6. The Balaban J connectivity index is 1.73. The molecule has 0 bridgehead atoms. The fraction of sp³-hybridized carbons (Fsp3) is 0.667. The van der Waals surface area contributed by atoms with Crippen molar-refractivity contribution >= 4 is 17.3 Å². The van der Waals surface area contributed by atoms with E-state index in [9.17, 15) is 14.9 Å². The highest BCUT2D eigenvalue weighted by molar-refractivity contribution is 5.95. The van der Waals surface area contributed by atoms with Crippen LogP contribution in [0.25, 0.3) is 0 Å². The predicted molar refractivity (Wildman–Crippen MR) is 110 cm³/mol. The van der Waals surface area contributed by atoms with Crippen molar-refractivity contribution in [1.82, 2.24) is 4.90 Å². The van der Waals surface area contributed by atoms with Crippen molar-refractivity contribution in [2.75, 3.05) is 44.8 Å². The first-order chi connectivity index (χ1) is 13.8. The molecule has 2 saturated heterocycles. The molecule has 8 nitrogen and oxygen atoms in total. The van der Waals surface area contributed by atoms with Crippen LogP contribution in [0, 0.1) is 21.4 Å². The van der Waals surface area contributed by atoms with Gasteiger partial charge in [0.25, 0.3) is 11.6 Å². The Kier molecular flexibility index (Phi) is 6.74. The van der Waals surface area contributed by atoms with Gasteiger partial charge in [-0.15, -0.1) is 0 Å². The molecular formula is C21H31N3O5. The van der Waals surface area contributed by atoms with Crippen molar-refractivity contribution in [3.63, 3.8) is 0 Å². The molecular weight excluding hydrogens is 374 g/mol. The maximum Gasteiger partial charge on any atom is 0.293 e. The molecule has 0 spiro atoms. The molecule has 0 aliphatic carbocycles. The number of nitrogens with zero attached hydrogens (tertiary/aromatic N) is 2. The van der Waals surface area contributed by atoms with Gasteiger partial charge in [0.15, 0.2) is 0 Å². The zero-order chi connectivity index (χ0) is 21.0. The van der Waals surface area contributed by atoms with Gasteiger partial charge in [-0.3, -0.25) is 14.9 Å². The van der Waals surface area contributed by atoms with Crippen LogP contribution >= 0.6 is 0 Å². The minimum absolute atomic E-state index is 0.00708. The highest BCUT2D eigenvalue weighted by Gasteiger charge is 2.35. The van der Waals surface area contributed by atoms with Crippen LogP contribution in [0.4, 0.5) is 11.4 Å². The van der Waals surface area contributed by atoms with Crippen LogP contribution < -0.4 is 5.32 Å². The van der Waals surface area contributed by atoms with Gasteiger partial charge >= 0.3 is 0 Å². The first kappa shape index (κ1) is 21.5. The van der Waals surface area contributed by atoms with E-state index >= 15 is 0 Å². The summed E-state index contributed by atoms with van der Waals surface area (Å²) < 4.78 is 11.3. The van der Waals surface area contributed by atoms with E-state index in [1.807, 2.05) is 0 Å². The normalized spacial score (nSPS) is 22.9. The van der Waals surface area contributed by atoms with Crippen molar-refractivity contribution in [3.8, 4) is 0 Å². The SMILES string of the molecule is CC(C)(C)C1OCCCC1CNc1ccc(C(=O)N2CCOCC2)cc1[N+](=O)[O-]. The van der Waals surface area contributed by atoms with E-state index in [-0.39, 0.29) is 29.0 Å². The summed E-state index contributed by atoms with van der Waals surface area (Å²) >= 11 is 0. The number of nitrogens with one attached hydrogen (secondary N) is 1. The number of benzene rings is 1. The minimum Gasteiger partial charge on any atom is -0.379 e. The summed E-state index contributed by atoms with van der Waals surface area (Å²) in [5.41, 5.74) is 0.699. The van der Waals surface area contributed by atoms with Gasteiger partial charge in [0.05, 0.1) is 24.2 Å². The molecule has 1 aromatic carbocycles. The first-order valence-electron chi connectivity index (χ1n) is 10.3. The largest absolute Gasteiger partial charge is 0.379 e. The van der Waals surface area contributed by atoms with Crippen LogP contribution in [-0.4, -0.2) is 61.3 Å². The van der Waals surface area contributed by atoms with E-state index in [2.05, 4.69) is 26.1 Å². The van der Waals surface area contributed by atoms with Crippen molar-refractivity contribution in [2.24, 2.45) is 11.3 Å². The summed E-state index contributed by atoms with van der Waals surface area (Å²) in [5, 5.41) is 14.9. The number of carbonyl (C=O) groups is 1. The van der Waals surface area contributed by atoms with Gasteiger partial charge in [0, 0.05) is 43.8 Å². The molecule has 160 valence electrons. The summed E-state index contributed by atoms with van der Waals surface area (Å²) in [6, 6.07) is 4.67. The average molecular weight is 405 g/mol. The molecule has 2 fully saturated rings. The van der Waals surface area contributed by atoms with Gasteiger partial charge in [-0.2, -0.15) is 0 Å². The van der Waals surface area contributed by atoms with E-state index in [1.165, 1.54) is 6.07 Å². The monoisotopic (exact) mass is 405 g/mol. The summed E-state index contributed by atoms with van der Waals surface area (Å²) in [5.74, 6) is 0.0782. The third-order valence-electron chi connectivity index (χ3n) is 5.59. The van der Waals surface area contributed by atoms with Crippen LogP contribution in [0.15, 0.2) is 18.2 Å². The minimum atomic E-state index is -0.433. The molecule has 2 atom stereocenters. The van der Waals surface area contributed by atoms with Gasteiger partial charge in [-0.05, 0) is 30.4 Å². The lowest BCUT2D eigenvalue weighted by Crippen LogP contribution is -2.42. The summed E-state index contributed by atoms with van der Waals surface area (Å²) in [7, 11) is 0. The van der Waals surface area contributed by atoms with Gasteiger partial charge in [-0.1, -0.05) is 20.8 Å². The second-order valence-electron chi connectivity index (χ2n) is 8.83. The molecule has 0 radical (unpaired) electrons. The van der Waals surface area contributed by atoms with Crippen LogP contribution in [0.1, 0.15) is 44.0 Å². The number of nitro benzene ring substituents is 1. The van der Waals surface area contributed by atoms with Gasteiger partial charge in [0.2, 0.25) is 0 Å². The number of morpholine rings is 1. The number of ether oxygens (including phenoxy) is 2. The number of anilines is 1. The van der Waals surface area contributed by atoms with Gasteiger partial charge in [-0.25, -0.2) is 0 Å². The zero-order valence-corrected chi connectivity index (χ0v) is 17.5. The third kappa shape index (κ3) is 5.25. The topological polar surface area (TPSA) is 93.9 Å². The molecule has 0 aromatic heterocycles. The standard InChI is InChI=1S/C21H31N3O5/c1-21(2,3)19-16(5-4-10-29-19)14-22-17-7-6-15(13-18(17)24(26)27)20(25)23-8-11-28-12-9-23/h6-7,13,16,19,22H,4-5,8-12,14H2,1-3H3. The second kappa shape index (κ2) is 9.09. The van der Waals surface area contributed by atoms with E-state index in [0.717, 1.165) is 19.4 Å². The molecule has 2 unspecified atom stereocenters. The Hall–Kier alpha value is -2.19. The Labute approximate surface area is 171 Å². The van der Waals surface area contributed by atoms with Gasteiger partial charge in [0.1, 0.15) is 5.69 Å². The Bertz CT molecular complexity index is 740. The molecule has 2 heterocycles. The second-order valence-corrected chi connectivity index (χ2v) is 8.83. The molecule has 3 rings (SSSR count). The Morgan fingerprint density at radius 3 is 2.66 bits per heavy atom. The lowest BCUT2D eigenvalue weighted by Gasteiger charge is -2.40. The summed E-state index contributed by atoms with van der Waals surface area (Å²) in [6.07, 6.45) is 2.12. The Morgan fingerprint density at radius 1 is 1.28 bits per heavy atom. The quantitative estimate of drug-likeness (QED) is 0.597. The van der Waals surface area contributed by atoms with E-state index < -0.39 is 4.92 Å². The lowest BCUT2D eigenvalue weighted by atomic mass is 9.78. The molecule has 8 heteroatoms. The maximum absolute atomic E-state index is 12.7. The van der Waals surface area contributed by atoms with Crippen molar-refractivity contribution < 1.29 is 19.2 Å². The van der Waals surface area contributed by atoms with Crippen LogP contribution in [0.2, 0.25) is 0 Å². The number of hydrogen-bond acceptors (Lipinski definition) is 6. The van der Waals surface area contributed by atoms with Gasteiger partial charge < -0.3 is 19.7 Å². The number of nitro groups is 1. The first-order valence-corrected chi connectivity index (χ1v) is 10.3. The summed E-state index contributed by atoms with van der Waals surface area (Å²) in [4.78, 5) is 25.5. The zero-order valence-electron chi connectivity index (χ0n) is 17.5. The van der Waals surface area contributed by atoms with Crippen LogP contribution in [0.5, 0.6) is 0 Å². The molecule has 1 N–H and O–H groups in total. The molecule has 1 aromatic rings. The lowest BCUT2D eigenvalue weighted by molar-refractivity contribution is -0.384. The number of carbonyl (C=O) groups excluding carboxylic acids is 1. The smallest absolute Gasteiger partial charge is 0.293 e. The highest BCUT2D eigenvalue weighted by Crippen LogP contribution is 2.35. The van der Waals surface area contributed by atoms with Crippen molar-refractivity contribution in [3.05, 3.63) is 33.9 Å². The molecule has 1 amide bonds. The van der Waals surface area contributed by atoms with Crippen LogP contribution in [0.3, 0.4) is 0 Å². The molecule has 29 heavy (non-hydrogen) atoms. The summed E-state index contributed by atoms with van der Waals surface area (Å²) in [6.45, 7) is 9.82. The fourth-order valence-electron chi connectivity index (χ4n) is 4.16. The Morgan fingerprint density at radius 2 is 2.00 bits per heavy atom. The van der Waals surface area contributed by atoms with E-state index in [4.69, 9.17) is 9.47 Å². The molecule has 2 aliphatic heterocycles. The predicted octanol–water partition coefficient (Wildman–Crippen LogP) is 3.32. The van der Waals surface area contributed by atoms with E-state index in [1.54, 1.807) is 17.0 Å². The number of hydrogen-bond donors (Lipinski definition) is 1. The number of rotatable bonds is 5. The van der Waals surface area contributed by atoms with E-state index in [0.29, 0.717) is 44.1 Å². The average Bonchev–Trinajstić information content (AvgIpc) is 2.71. The molecule has 2 aliphatic rings. The maximum atomic E-state index is 12.7. The number of amides is 1. The molecule has 0 saturated carbocycles. The fourth-order valence-corrected chi connectivity index (χ4v) is 4.16. The van der Waals surface area contributed by atoms with Crippen molar-refractivity contribution in [1.29, 1.82) is 0 Å². The van der Waals surface area contributed by atoms with Crippen LogP contribution in [-0.2, 0) is 9.47 Å².